The minimum Gasteiger partial charge on any atom is -0.298 e. The lowest BCUT2D eigenvalue weighted by atomic mass is 9.93. The molecule has 0 amide bonds. The molecule has 1 aromatic carbocycles. The average molecular weight is 285 g/mol. The molecule has 0 bridgehead atoms. The molecule has 20 heavy (non-hydrogen) atoms. The molecule has 1 aliphatic heterocycles. The highest BCUT2D eigenvalue weighted by molar-refractivity contribution is 5.35. The summed E-state index contributed by atoms with van der Waals surface area (Å²) >= 11 is 0. The highest BCUT2D eigenvalue weighted by Gasteiger charge is 2.37. The molecule has 0 fully saturated rings. The second-order valence-corrected chi connectivity index (χ2v) is 6.11. The summed E-state index contributed by atoms with van der Waals surface area (Å²) in [6.07, 6.45) is -3.25. The SMILES string of the molecule is CC(C)c1ccc2c(c1)CCN(CC(C)C(F)(F)F)C2. The van der Waals surface area contributed by atoms with Crippen LogP contribution < -0.4 is 0 Å². The molecule has 0 aliphatic carbocycles. The second kappa shape index (κ2) is 5.76. The Morgan fingerprint density at radius 1 is 1.15 bits per heavy atom. The normalized spacial score (nSPS) is 18.1. The molecule has 1 unspecified atom stereocenters. The zero-order valence-electron chi connectivity index (χ0n) is 12.3. The Hall–Kier alpha value is -1.03. The fourth-order valence-corrected chi connectivity index (χ4v) is 2.64. The quantitative estimate of drug-likeness (QED) is 0.797. The van der Waals surface area contributed by atoms with Crippen molar-refractivity contribution < 1.29 is 13.2 Å². The van der Waals surface area contributed by atoms with Crippen molar-refractivity contribution in [3.63, 3.8) is 0 Å². The van der Waals surface area contributed by atoms with E-state index in [1.807, 2.05) is 4.90 Å². The van der Waals surface area contributed by atoms with Crippen LogP contribution in [0, 0.1) is 5.92 Å². The summed E-state index contributed by atoms with van der Waals surface area (Å²) in [5.74, 6) is -0.775. The first kappa shape index (κ1) is 15.4. The Labute approximate surface area is 118 Å². The lowest BCUT2D eigenvalue weighted by Crippen LogP contribution is -2.38. The molecule has 0 aromatic heterocycles. The molecule has 112 valence electrons. The zero-order chi connectivity index (χ0) is 14.9. The molecular weight excluding hydrogens is 263 g/mol. The molecule has 0 saturated heterocycles. The van der Waals surface area contributed by atoms with Crippen LogP contribution in [0.3, 0.4) is 0 Å². The number of hydrogen-bond donors (Lipinski definition) is 0. The van der Waals surface area contributed by atoms with Gasteiger partial charge in [-0.15, -0.1) is 0 Å². The number of alkyl halides is 3. The summed E-state index contributed by atoms with van der Waals surface area (Å²) in [5.41, 5.74) is 3.78. The molecule has 2 rings (SSSR count). The molecular formula is C16H22F3N. The van der Waals surface area contributed by atoms with Gasteiger partial charge in [0.15, 0.2) is 0 Å². The fourth-order valence-electron chi connectivity index (χ4n) is 2.64. The van der Waals surface area contributed by atoms with E-state index in [1.54, 1.807) is 0 Å². The first-order chi connectivity index (χ1) is 9.27. The highest BCUT2D eigenvalue weighted by Crippen LogP contribution is 2.29. The van der Waals surface area contributed by atoms with E-state index in [9.17, 15) is 13.2 Å². The van der Waals surface area contributed by atoms with Crippen molar-refractivity contribution in [2.45, 2.75) is 45.8 Å². The topological polar surface area (TPSA) is 3.24 Å². The predicted molar refractivity (Wildman–Crippen MR) is 74.7 cm³/mol. The van der Waals surface area contributed by atoms with Gasteiger partial charge < -0.3 is 0 Å². The van der Waals surface area contributed by atoms with Gasteiger partial charge in [0.05, 0.1) is 5.92 Å². The van der Waals surface area contributed by atoms with E-state index in [4.69, 9.17) is 0 Å². The van der Waals surface area contributed by atoms with Gasteiger partial charge in [-0.05, 0) is 29.0 Å². The average Bonchev–Trinajstić information content (AvgIpc) is 2.36. The Morgan fingerprint density at radius 3 is 2.45 bits per heavy atom. The molecule has 1 heterocycles. The van der Waals surface area contributed by atoms with Crippen LogP contribution >= 0.6 is 0 Å². The number of rotatable bonds is 3. The van der Waals surface area contributed by atoms with E-state index in [0.717, 1.165) is 13.0 Å². The smallest absolute Gasteiger partial charge is 0.298 e. The van der Waals surface area contributed by atoms with Crippen molar-refractivity contribution in [3.05, 3.63) is 34.9 Å². The summed E-state index contributed by atoms with van der Waals surface area (Å²) in [4.78, 5) is 1.91. The largest absolute Gasteiger partial charge is 0.392 e. The molecule has 0 spiro atoms. The lowest BCUT2D eigenvalue weighted by molar-refractivity contribution is -0.174. The molecule has 1 atom stereocenters. The molecule has 0 saturated carbocycles. The highest BCUT2D eigenvalue weighted by atomic mass is 19.4. The number of benzene rings is 1. The van der Waals surface area contributed by atoms with Gasteiger partial charge in [-0.25, -0.2) is 0 Å². The van der Waals surface area contributed by atoms with E-state index in [2.05, 4.69) is 32.0 Å². The first-order valence-corrected chi connectivity index (χ1v) is 7.18. The maximum Gasteiger partial charge on any atom is 0.392 e. The Kier molecular flexibility index (Phi) is 4.43. The van der Waals surface area contributed by atoms with Gasteiger partial charge >= 0.3 is 6.18 Å². The zero-order valence-corrected chi connectivity index (χ0v) is 12.3. The van der Waals surface area contributed by atoms with E-state index < -0.39 is 12.1 Å². The van der Waals surface area contributed by atoms with Gasteiger partial charge in [0.2, 0.25) is 0 Å². The molecule has 1 aromatic rings. The number of nitrogens with zero attached hydrogens (tertiary/aromatic N) is 1. The summed E-state index contributed by atoms with van der Waals surface area (Å²) in [6.45, 7) is 7.01. The van der Waals surface area contributed by atoms with Crippen LogP contribution in [0.25, 0.3) is 0 Å². The molecule has 0 radical (unpaired) electrons. The fraction of sp³-hybridized carbons (Fsp3) is 0.625. The van der Waals surface area contributed by atoms with E-state index in [-0.39, 0.29) is 6.54 Å². The van der Waals surface area contributed by atoms with E-state index >= 15 is 0 Å². The number of fused-ring (bicyclic) bond motifs is 1. The van der Waals surface area contributed by atoms with Gasteiger partial charge in [0, 0.05) is 19.6 Å². The van der Waals surface area contributed by atoms with Gasteiger partial charge in [-0.1, -0.05) is 39.0 Å². The van der Waals surface area contributed by atoms with Crippen LogP contribution in [-0.4, -0.2) is 24.2 Å². The third-order valence-corrected chi connectivity index (χ3v) is 4.08. The van der Waals surface area contributed by atoms with Crippen molar-refractivity contribution in [3.8, 4) is 0 Å². The third kappa shape index (κ3) is 3.54. The Balaban J connectivity index is 2.05. The minimum absolute atomic E-state index is 0.0921. The first-order valence-electron chi connectivity index (χ1n) is 7.18. The molecule has 1 nitrogen and oxygen atoms in total. The molecule has 4 heteroatoms. The van der Waals surface area contributed by atoms with Crippen LogP contribution in [-0.2, 0) is 13.0 Å². The summed E-state index contributed by atoms with van der Waals surface area (Å²) in [6, 6.07) is 6.39. The van der Waals surface area contributed by atoms with Crippen LogP contribution in [0.1, 0.15) is 43.4 Å². The van der Waals surface area contributed by atoms with Crippen LogP contribution in [0.2, 0.25) is 0 Å². The van der Waals surface area contributed by atoms with Crippen molar-refractivity contribution in [2.75, 3.05) is 13.1 Å². The molecule has 1 aliphatic rings. The summed E-state index contributed by atoms with van der Waals surface area (Å²) in [5, 5.41) is 0. The summed E-state index contributed by atoms with van der Waals surface area (Å²) < 4.78 is 37.8. The van der Waals surface area contributed by atoms with Crippen molar-refractivity contribution in [1.82, 2.24) is 4.90 Å². The van der Waals surface area contributed by atoms with E-state index in [1.165, 1.54) is 23.6 Å². The van der Waals surface area contributed by atoms with Crippen molar-refractivity contribution in [2.24, 2.45) is 5.92 Å². The molecule has 0 N–H and O–H groups in total. The maximum atomic E-state index is 12.6. The maximum absolute atomic E-state index is 12.6. The summed E-state index contributed by atoms with van der Waals surface area (Å²) in [7, 11) is 0. The minimum atomic E-state index is -4.10. The van der Waals surface area contributed by atoms with Gasteiger partial charge in [0.25, 0.3) is 0 Å². The monoisotopic (exact) mass is 285 g/mol. The van der Waals surface area contributed by atoms with Crippen LogP contribution in [0.4, 0.5) is 13.2 Å². The van der Waals surface area contributed by atoms with Gasteiger partial charge in [-0.2, -0.15) is 13.2 Å². The standard InChI is InChI=1S/C16H22F3N/c1-11(2)13-4-5-15-10-20(7-6-14(15)8-13)9-12(3)16(17,18)19/h4-5,8,11-12H,6-7,9-10H2,1-3H3. The van der Waals surface area contributed by atoms with Gasteiger partial charge in [-0.3, -0.25) is 4.90 Å². The Bertz CT molecular complexity index is 465. The number of halogens is 3. The lowest BCUT2D eigenvalue weighted by Gasteiger charge is -2.31. The predicted octanol–water partition coefficient (Wildman–Crippen LogP) is 4.37. The van der Waals surface area contributed by atoms with Crippen LogP contribution in [0.15, 0.2) is 18.2 Å². The number of hydrogen-bond acceptors (Lipinski definition) is 1. The van der Waals surface area contributed by atoms with E-state index in [0.29, 0.717) is 12.5 Å². The van der Waals surface area contributed by atoms with Crippen molar-refractivity contribution in [1.29, 1.82) is 0 Å². The second-order valence-electron chi connectivity index (χ2n) is 6.11. The third-order valence-electron chi connectivity index (χ3n) is 4.08. The van der Waals surface area contributed by atoms with Crippen LogP contribution in [0.5, 0.6) is 0 Å². The Morgan fingerprint density at radius 2 is 1.85 bits per heavy atom. The van der Waals surface area contributed by atoms with Crippen molar-refractivity contribution >= 4 is 0 Å². The van der Waals surface area contributed by atoms with Gasteiger partial charge in [0.1, 0.15) is 0 Å².